The van der Waals surface area contributed by atoms with Gasteiger partial charge in [0.25, 0.3) is 5.70 Å². The molecule has 0 unspecified atom stereocenters. The zero-order valence-electron chi connectivity index (χ0n) is 22.1. The number of hydrogen-bond acceptors (Lipinski definition) is 3. The monoisotopic (exact) mass is 494 g/mol. The lowest BCUT2D eigenvalue weighted by atomic mass is 9.99. The van der Waals surface area contributed by atoms with Gasteiger partial charge in [-0.3, -0.25) is 0 Å². The molecule has 37 heavy (non-hydrogen) atoms. The van der Waals surface area contributed by atoms with Crippen LogP contribution in [0.5, 0.6) is 0 Å². The average molecular weight is 495 g/mol. The number of fused-ring (bicyclic) bond motifs is 3. The summed E-state index contributed by atoms with van der Waals surface area (Å²) in [7, 11) is 0. The van der Waals surface area contributed by atoms with Crippen LogP contribution in [0.4, 0.5) is 0 Å². The van der Waals surface area contributed by atoms with Crippen LogP contribution in [-0.2, 0) is 4.74 Å². The van der Waals surface area contributed by atoms with Crippen molar-refractivity contribution >= 4 is 11.5 Å². The Hall–Kier alpha value is -3.63. The third-order valence-electron chi connectivity index (χ3n) is 6.86. The molecule has 0 radical (unpaired) electrons. The largest absolute Gasteiger partial charge is 0.462 e. The van der Waals surface area contributed by atoms with Crippen molar-refractivity contribution in [2.24, 2.45) is 0 Å². The number of esters is 1. The average Bonchev–Trinajstić information content (AvgIpc) is 3.26. The van der Waals surface area contributed by atoms with Crippen LogP contribution in [0.1, 0.15) is 105 Å². The number of carbonyl (C=O) groups excluding carboxylic acids is 1. The molecule has 0 saturated carbocycles. The molecule has 4 nitrogen and oxygen atoms in total. The molecule has 0 fully saturated rings. The molecule has 0 bridgehead atoms. The van der Waals surface area contributed by atoms with Crippen molar-refractivity contribution in [3.05, 3.63) is 88.4 Å². The van der Waals surface area contributed by atoms with Crippen molar-refractivity contribution in [2.75, 3.05) is 6.61 Å². The molecule has 0 heterocycles. The molecule has 1 aliphatic rings. The van der Waals surface area contributed by atoms with Crippen LogP contribution < -0.4 is 0 Å². The molecule has 0 N–H and O–H groups in total. The van der Waals surface area contributed by atoms with Crippen LogP contribution in [0.25, 0.3) is 21.5 Å². The first-order valence-corrected chi connectivity index (χ1v) is 13.8. The summed E-state index contributed by atoms with van der Waals surface area (Å²) in [6.07, 6.45) is 19.2. The topological polar surface area (TPSA) is 54.5 Å². The van der Waals surface area contributed by atoms with Crippen molar-refractivity contribution < 1.29 is 9.53 Å². The van der Waals surface area contributed by atoms with Crippen LogP contribution in [-0.4, -0.2) is 12.6 Å². The lowest BCUT2D eigenvalue weighted by molar-refractivity contribution is 0.0498. The molecule has 1 aliphatic carbocycles. The highest BCUT2D eigenvalue weighted by Gasteiger charge is 2.30. The van der Waals surface area contributed by atoms with Gasteiger partial charge < -0.3 is 4.74 Å². The van der Waals surface area contributed by atoms with E-state index in [4.69, 9.17) is 11.3 Å². The van der Waals surface area contributed by atoms with Crippen LogP contribution in [0.3, 0.4) is 0 Å². The summed E-state index contributed by atoms with van der Waals surface area (Å²) >= 11 is 0. The van der Waals surface area contributed by atoms with E-state index in [1.807, 2.05) is 36.4 Å². The first-order chi connectivity index (χ1) is 18.2. The van der Waals surface area contributed by atoms with Crippen molar-refractivity contribution in [2.45, 2.75) is 84.0 Å². The standard InChI is InChI=1S/C33H38N2O2/c1-3-4-5-6-7-8-9-10-11-12-13-14-15-18-24-37-33(36)29-23-19-22-28-31(29)26-20-16-17-21-27(26)32(28)30(25-34)35-2/h10-11,16-17,19-23H,3-9,12-15,18,24H2,1H3. The second-order valence-corrected chi connectivity index (χ2v) is 9.59. The van der Waals surface area contributed by atoms with Crippen LogP contribution in [0, 0.1) is 17.9 Å². The maximum atomic E-state index is 13.0. The maximum Gasteiger partial charge on any atom is 0.338 e. The van der Waals surface area contributed by atoms with E-state index in [0.717, 1.165) is 47.9 Å². The Morgan fingerprint density at radius 2 is 1.49 bits per heavy atom. The second kappa shape index (κ2) is 15.5. The number of allylic oxidation sites excluding steroid dienone is 3. The summed E-state index contributed by atoms with van der Waals surface area (Å²) in [5.74, 6) is -0.355. The summed E-state index contributed by atoms with van der Waals surface area (Å²) in [5.41, 5.74) is 4.28. The number of benzene rings is 2. The van der Waals surface area contributed by atoms with Gasteiger partial charge in [-0.1, -0.05) is 100 Å². The van der Waals surface area contributed by atoms with E-state index in [-0.39, 0.29) is 11.7 Å². The van der Waals surface area contributed by atoms with Gasteiger partial charge in [-0.2, -0.15) is 0 Å². The summed E-state index contributed by atoms with van der Waals surface area (Å²) in [4.78, 5) is 16.4. The Morgan fingerprint density at radius 3 is 2.16 bits per heavy atom. The first-order valence-electron chi connectivity index (χ1n) is 13.8. The molecular weight excluding hydrogens is 456 g/mol. The number of unbranched alkanes of at least 4 members (excludes halogenated alkanes) is 10. The predicted molar refractivity (Wildman–Crippen MR) is 151 cm³/mol. The number of rotatable bonds is 15. The van der Waals surface area contributed by atoms with Crippen LogP contribution in [0.2, 0.25) is 0 Å². The highest BCUT2D eigenvalue weighted by molar-refractivity contribution is 6.10. The van der Waals surface area contributed by atoms with Crippen LogP contribution >= 0.6 is 0 Å². The van der Waals surface area contributed by atoms with Gasteiger partial charge in [-0.25, -0.2) is 14.9 Å². The molecule has 0 amide bonds. The fourth-order valence-corrected chi connectivity index (χ4v) is 4.92. The molecule has 0 aromatic heterocycles. The lowest BCUT2D eigenvalue weighted by Crippen LogP contribution is -2.08. The SMILES string of the molecule is [C-]#[N+]C(C#N)=C1c2ccccc2-c2c(C(=O)OCCCCCCC=CCCCCCCCC)cccc21. The minimum atomic E-state index is -0.355. The van der Waals surface area contributed by atoms with E-state index in [2.05, 4.69) is 23.9 Å². The predicted octanol–water partition coefficient (Wildman–Crippen LogP) is 9.28. The fraction of sp³-hybridized carbons (Fsp3) is 0.424. The Kier molecular flexibility index (Phi) is 11.7. The zero-order chi connectivity index (χ0) is 26.3. The highest BCUT2D eigenvalue weighted by Crippen LogP contribution is 2.47. The van der Waals surface area contributed by atoms with Gasteiger partial charge in [0, 0.05) is 11.1 Å². The van der Waals surface area contributed by atoms with E-state index in [0.29, 0.717) is 17.7 Å². The van der Waals surface area contributed by atoms with E-state index in [1.165, 1.54) is 51.4 Å². The van der Waals surface area contributed by atoms with Gasteiger partial charge in [0.1, 0.15) is 0 Å². The van der Waals surface area contributed by atoms with E-state index in [9.17, 15) is 10.1 Å². The van der Waals surface area contributed by atoms with E-state index in [1.54, 1.807) is 12.1 Å². The number of nitriles is 1. The Bertz CT molecular complexity index is 1180. The van der Waals surface area contributed by atoms with Gasteiger partial charge in [-0.05, 0) is 54.9 Å². The maximum absolute atomic E-state index is 13.0. The molecule has 3 rings (SSSR count). The van der Waals surface area contributed by atoms with E-state index < -0.39 is 0 Å². The summed E-state index contributed by atoms with van der Waals surface area (Å²) in [6, 6.07) is 15.0. The van der Waals surface area contributed by atoms with Crippen molar-refractivity contribution in [3.8, 4) is 17.2 Å². The molecule has 2 aromatic carbocycles. The minimum Gasteiger partial charge on any atom is -0.462 e. The number of nitrogens with zero attached hydrogens (tertiary/aromatic N) is 2. The van der Waals surface area contributed by atoms with Gasteiger partial charge in [0.2, 0.25) is 0 Å². The molecule has 2 aromatic rings. The number of carbonyl (C=O) groups is 1. The molecule has 0 atom stereocenters. The smallest absolute Gasteiger partial charge is 0.338 e. The Balaban J connectivity index is 1.43. The number of ether oxygens (including phenoxy) is 1. The van der Waals surface area contributed by atoms with Crippen LogP contribution in [0.15, 0.2) is 60.3 Å². The molecule has 0 saturated heterocycles. The molecule has 4 heteroatoms. The molecular formula is C33H38N2O2. The van der Waals surface area contributed by atoms with Crippen molar-refractivity contribution in [3.63, 3.8) is 0 Å². The van der Waals surface area contributed by atoms with Crippen molar-refractivity contribution in [1.82, 2.24) is 0 Å². The lowest BCUT2D eigenvalue weighted by Gasteiger charge is -2.10. The van der Waals surface area contributed by atoms with E-state index >= 15 is 0 Å². The highest BCUT2D eigenvalue weighted by atomic mass is 16.5. The molecule has 0 aliphatic heterocycles. The fourth-order valence-electron chi connectivity index (χ4n) is 4.92. The quantitative estimate of drug-likeness (QED) is 0.0695. The summed E-state index contributed by atoms with van der Waals surface area (Å²) in [5, 5.41) is 9.50. The first kappa shape index (κ1) is 27.9. The van der Waals surface area contributed by atoms with Gasteiger partial charge in [0.05, 0.1) is 24.8 Å². The third kappa shape index (κ3) is 7.68. The third-order valence-corrected chi connectivity index (χ3v) is 6.86. The summed E-state index contributed by atoms with van der Waals surface area (Å²) < 4.78 is 5.63. The second-order valence-electron chi connectivity index (χ2n) is 9.59. The van der Waals surface area contributed by atoms with Gasteiger partial charge in [0.15, 0.2) is 0 Å². The Morgan fingerprint density at radius 1 is 0.865 bits per heavy atom. The minimum absolute atomic E-state index is 0.0361. The summed E-state index contributed by atoms with van der Waals surface area (Å²) in [6.45, 7) is 10.1. The Labute approximate surface area is 222 Å². The normalized spacial score (nSPS) is 13.1. The van der Waals surface area contributed by atoms with Gasteiger partial charge in [-0.15, -0.1) is 0 Å². The van der Waals surface area contributed by atoms with Crippen molar-refractivity contribution in [1.29, 1.82) is 5.26 Å². The zero-order valence-corrected chi connectivity index (χ0v) is 22.1. The number of hydrogen-bond donors (Lipinski definition) is 0. The molecule has 192 valence electrons. The molecule has 0 spiro atoms. The van der Waals surface area contributed by atoms with Gasteiger partial charge >= 0.3 is 5.97 Å².